The first-order valence-corrected chi connectivity index (χ1v) is 5.98. The Labute approximate surface area is 105 Å². The molecule has 2 N–H and O–H groups in total. The summed E-state index contributed by atoms with van der Waals surface area (Å²) >= 11 is 0. The minimum Gasteiger partial charge on any atom is -0.508 e. The van der Waals surface area contributed by atoms with E-state index in [4.69, 9.17) is 0 Å². The van der Waals surface area contributed by atoms with Gasteiger partial charge in [-0.05, 0) is 31.5 Å². The van der Waals surface area contributed by atoms with E-state index in [2.05, 4.69) is 5.32 Å². The lowest BCUT2D eigenvalue weighted by molar-refractivity contribution is -0.128. The van der Waals surface area contributed by atoms with Gasteiger partial charge in [0.2, 0.25) is 5.91 Å². The first-order chi connectivity index (χ1) is 8.49. The number of halogens is 1. The third kappa shape index (κ3) is 2.46. The molecule has 2 unspecified atom stereocenters. The van der Waals surface area contributed by atoms with Crippen LogP contribution in [0.1, 0.15) is 24.9 Å². The number of aromatic hydroxyl groups is 1. The number of nitrogens with zero attached hydrogens (tertiary/aromatic N) is 1. The van der Waals surface area contributed by atoms with Crippen molar-refractivity contribution < 1.29 is 14.3 Å². The van der Waals surface area contributed by atoms with E-state index in [0.29, 0.717) is 5.56 Å². The van der Waals surface area contributed by atoms with Crippen LogP contribution < -0.4 is 5.32 Å². The maximum atomic E-state index is 13.1. The Kier molecular flexibility index (Phi) is 3.52. The number of carbonyl (C=O) groups excluding carboxylic acids is 1. The Hall–Kier alpha value is -1.62. The number of amides is 1. The van der Waals surface area contributed by atoms with Gasteiger partial charge in [0.1, 0.15) is 11.6 Å². The van der Waals surface area contributed by atoms with Gasteiger partial charge in [0, 0.05) is 25.2 Å². The summed E-state index contributed by atoms with van der Waals surface area (Å²) in [6.07, 6.45) is 0.732. The summed E-state index contributed by atoms with van der Waals surface area (Å²) in [7, 11) is 1.76. The van der Waals surface area contributed by atoms with Gasteiger partial charge in [-0.3, -0.25) is 10.1 Å². The Morgan fingerprint density at radius 1 is 1.56 bits per heavy atom. The Morgan fingerprint density at radius 2 is 2.28 bits per heavy atom. The largest absolute Gasteiger partial charge is 0.508 e. The van der Waals surface area contributed by atoms with Crippen LogP contribution in [-0.2, 0) is 4.79 Å². The number of hydrogen-bond acceptors (Lipinski definition) is 3. The topological polar surface area (TPSA) is 52.6 Å². The number of benzene rings is 1. The molecular formula is C13H17FN2O2. The first-order valence-electron chi connectivity index (χ1n) is 5.98. The normalized spacial score (nSPS) is 21.4. The van der Waals surface area contributed by atoms with E-state index in [0.717, 1.165) is 13.0 Å². The molecule has 2 atom stereocenters. The van der Waals surface area contributed by atoms with Gasteiger partial charge in [0.15, 0.2) is 0 Å². The molecule has 0 aromatic heterocycles. The summed E-state index contributed by atoms with van der Waals surface area (Å²) in [6, 6.07) is 3.29. The number of phenols is 1. The predicted molar refractivity (Wildman–Crippen MR) is 65.7 cm³/mol. The lowest BCUT2D eigenvalue weighted by Gasteiger charge is -2.19. The molecule has 0 saturated carbocycles. The highest BCUT2D eigenvalue weighted by molar-refractivity contribution is 5.83. The van der Waals surface area contributed by atoms with Crippen LogP contribution in [0.25, 0.3) is 0 Å². The summed E-state index contributed by atoms with van der Waals surface area (Å²) in [5.41, 5.74) is 0.470. The number of phenolic OH excluding ortho intramolecular Hbond substituents is 1. The van der Waals surface area contributed by atoms with Gasteiger partial charge in [-0.15, -0.1) is 0 Å². The quantitative estimate of drug-likeness (QED) is 0.855. The number of likely N-dealkylation sites (N-methyl/N-ethyl adjacent to an activating group) is 1. The highest BCUT2D eigenvalue weighted by Gasteiger charge is 2.30. The molecule has 0 radical (unpaired) electrons. The number of rotatable bonds is 3. The Morgan fingerprint density at radius 3 is 2.89 bits per heavy atom. The maximum absolute atomic E-state index is 13.1. The zero-order chi connectivity index (χ0) is 13.3. The Balaban J connectivity index is 2.10. The van der Waals surface area contributed by atoms with E-state index in [1.807, 2.05) is 0 Å². The molecule has 1 amide bonds. The van der Waals surface area contributed by atoms with Crippen molar-refractivity contribution in [3.05, 3.63) is 29.6 Å². The van der Waals surface area contributed by atoms with Crippen molar-refractivity contribution >= 4 is 5.91 Å². The number of nitrogens with one attached hydrogen (secondary N) is 1. The summed E-state index contributed by atoms with van der Waals surface area (Å²) in [5.74, 6) is -0.320. The Bertz CT molecular complexity index is 464. The molecule has 1 aliphatic rings. The molecule has 1 aliphatic heterocycles. The molecule has 0 spiro atoms. The molecule has 98 valence electrons. The predicted octanol–water partition coefficient (Wildman–Crippen LogP) is 1.41. The van der Waals surface area contributed by atoms with Crippen LogP contribution >= 0.6 is 0 Å². The zero-order valence-electron chi connectivity index (χ0n) is 10.5. The van der Waals surface area contributed by atoms with Gasteiger partial charge >= 0.3 is 0 Å². The molecule has 0 aliphatic carbocycles. The second-order valence-electron chi connectivity index (χ2n) is 4.69. The molecular weight excluding hydrogens is 235 g/mol. The van der Waals surface area contributed by atoms with Gasteiger partial charge in [0.25, 0.3) is 0 Å². The van der Waals surface area contributed by atoms with Crippen molar-refractivity contribution in [2.24, 2.45) is 0 Å². The molecule has 1 fully saturated rings. The van der Waals surface area contributed by atoms with E-state index in [-0.39, 0.29) is 23.7 Å². The standard InChI is InChI=1S/C13H17FN2O2/c1-8(10-7-9(14)3-4-12(10)17)15-11-5-6-16(2)13(11)18/h3-4,7-8,11,15,17H,5-6H2,1-2H3. The fraction of sp³-hybridized carbons (Fsp3) is 0.462. The molecule has 1 saturated heterocycles. The van der Waals surface area contributed by atoms with Gasteiger partial charge in [-0.25, -0.2) is 4.39 Å². The molecule has 0 bridgehead atoms. The van der Waals surface area contributed by atoms with Crippen molar-refractivity contribution in [3.63, 3.8) is 0 Å². The van der Waals surface area contributed by atoms with Crippen LogP contribution in [0.2, 0.25) is 0 Å². The number of carbonyl (C=O) groups is 1. The minimum absolute atomic E-state index is 0.0372. The van der Waals surface area contributed by atoms with Crippen LogP contribution in [0.4, 0.5) is 4.39 Å². The lowest BCUT2D eigenvalue weighted by atomic mass is 10.1. The molecule has 18 heavy (non-hydrogen) atoms. The molecule has 1 aromatic carbocycles. The van der Waals surface area contributed by atoms with E-state index >= 15 is 0 Å². The van der Waals surface area contributed by atoms with Crippen LogP contribution in [0.5, 0.6) is 5.75 Å². The molecule has 2 rings (SSSR count). The lowest BCUT2D eigenvalue weighted by Crippen LogP contribution is -2.38. The fourth-order valence-corrected chi connectivity index (χ4v) is 2.24. The van der Waals surface area contributed by atoms with Gasteiger partial charge in [0.05, 0.1) is 6.04 Å². The summed E-state index contributed by atoms with van der Waals surface area (Å²) in [5, 5.41) is 12.8. The average Bonchev–Trinajstić information content (AvgIpc) is 2.64. The number of hydrogen-bond donors (Lipinski definition) is 2. The summed E-state index contributed by atoms with van der Waals surface area (Å²) < 4.78 is 13.1. The third-order valence-electron chi connectivity index (χ3n) is 3.33. The van der Waals surface area contributed by atoms with Crippen LogP contribution in [0.15, 0.2) is 18.2 Å². The van der Waals surface area contributed by atoms with E-state index in [9.17, 15) is 14.3 Å². The zero-order valence-corrected chi connectivity index (χ0v) is 10.5. The fourth-order valence-electron chi connectivity index (χ4n) is 2.24. The van der Waals surface area contributed by atoms with Gasteiger partial charge in [-0.1, -0.05) is 0 Å². The third-order valence-corrected chi connectivity index (χ3v) is 3.33. The second-order valence-corrected chi connectivity index (χ2v) is 4.69. The monoisotopic (exact) mass is 252 g/mol. The summed E-state index contributed by atoms with van der Waals surface area (Å²) in [4.78, 5) is 13.4. The first kappa shape index (κ1) is 12.8. The van der Waals surface area contributed by atoms with Crippen molar-refractivity contribution in [1.82, 2.24) is 10.2 Å². The maximum Gasteiger partial charge on any atom is 0.239 e. The van der Waals surface area contributed by atoms with E-state index in [1.54, 1.807) is 18.9 Å². The summed E-state index contributed by atoms with van der Waals surface area (Å²) in [6.45, 7) is 2.53. The SMILES string of the molecule is CC(NC1CCN(C)C1=O)c1cc(F)ccc1O. The number of likely N-dealkylation sites (tertiary alicyclic amines) is 1. The molecule has 1 heterocycles. The van der Waals surface area contributed by atoms with Gasteiger partial charge in [-0.2, -0.15) is 0 Å². The average molecular weight is 252 g/mol. The highest BCUT2D eigenvalue weighted by Crippen LogP contribution is 2.26. The van der Waals surface area contributed by atoms with E-state index < -0.39 is 5.82 Å². The van der Waals surface area contributed by atoms with Crippen LogP contribution in [-0.4, -0.2) is 35.5 Å². The van der Waals surface area contributed by atoms with Crippen LogP contribution in [0, 0.1) is 5.82 Å². The molecule has 4 nitrogen and oxygen atoms in total. The van der Waals surface area contributed by atoms with Crippen LogP contribution in [0.3, 0.4) is 0 Å². The van der Waals surface area contributed by atoms with Crippen molar-refractivity contribution in [3.8, 4) is 5.75 Å². The highest BCUT2D eigenvalue weighted by atomic mass is 19.1. The van der Waals surface area contributed by atoms with Crippen molar-refractivity contribution in [2.45, 2.75) is 25.4 Å². The second kappa shape index (κ2) is 4.94. The van der Waals surface area contributed by atoms with E-state index in [1.165, 1.54) is 18.2 Å². The van der Waals surface area contributed by atoms with Gasteiger partial charge < -0.3 is 10.0 Å². The minimum atomic E-state index is -0.397. The van der Waals surface area contributed by atoms with Crippen molar-refractivity contribution in [1.29, 1.82) is 0 Å². The molecule has 5 heteroatoms. The molecule has 1 aromatic rings. The smallest absolute Gasteiger partial charge is 0.239 e. The van der Waals surface area contributed by atoms with Crippen molar-refractivity contribution in [2.75, 3.05) is 13.6 Å².